The first-order valence-electron chi connectivity index (χ1n) is 7.97. The van der Waals surface area contributed by atoms with E-state index < -0.39 is 0 Å². The minimum atomic E-state index is 0.348. The molecule has 23 heavy (non-hydrogen) atoms. The van der Waals surface area contributed by atoms with Crippen LogP contribution in [0.1, 0.15) is 29.9 Å². The Morgan fingerprint density at radius 2 is 2.00 bits per heavy atom. The van der Waals surface area contributed by atoms with Gasteiger partial charge in [0.05, 0.1) is 0 Å². The van der Waals surface area contributed by atoms with E-state index in [9.17, 15) is 0 Å². The van der Waals surface area contributed by atoms with Crippen LogP contribution in [-0.4, -0.2) is 23.1 Å². The standard InChI is InChI=1S/C17H21ClN4O/c18-12-5-7-13(8-6-12)23-11-16-21-15-4-1-3-14(15)17(22-16)20-10-2-9-19/h5-8H,1-4,9-11,19H2,(H,20,21,22). The maximum absolute atomic E-state index is 5.88. The normalized spacial score (nSPS) is 13.0. The highest BCUT2D eigenvalue weighted by molar-refractivity contribution is 6.30. The number of hydrogen-bond acceptors (Lipinski definition) is 5. The number of aryl methyl sites for hydroxylation is 1. The van der Waals surface area contributed by atoms with E-state index in [1.165, 1.54) is 5.56 Å². The predicted molar refractivity (Wildman–Crippen MR) is 92.0 cm³/mol. The highest BCUT2D eigenvalue weighted by atomic mass is 35.5. The van der Waals surface area contributed by atoms with Crippen LogP contribution in [0.15, 0.2) is 24.3 Å². The summed E-state index contributed by atoms with van der Waals surface area (Å²) in [6, 6.07) is 7.30. The van der Waals surface area contributed by atoms with Crippen LogP contribution in [0, 0.1) is 0 Å². The second-order valence-corrected chi connectivity index (χ2v) is 6.02. The molecule has 3 rings (SSSR count). The number of fused-ring (bicyclic) bond motifs is 1. The Labute approximate surface area is 141 Å². The molecule has 1 aromatic heterocycles. The zero-order chi connectivity index (χ0) is 16.1. The highest BCUT2D eigenvalue weighted by Crippen LogP contribution is 2.26. The van der Waals surface area contributed by atoms with Gasteiger partial charge < -0.3 is 15.8 Å². The molecule has 0 radical (unpaired) electrons. The average molecular weight is 333 g/mol. The van der Waals surface area contributed by atoms with Gasteiger partial charge in [0.2, 0.25) is 0 Å². The van der Waals surface area contributed by atoms with Gasteiger partial charge in [-0.3, -0.25) is 0 Å². The van der Waals surface area contributed by atoms with E-state index in [0.717, 1.165) is 49.5 Å². The van der Waals surface area contributed by atoms with Gasteiger partial charge in [-0.05, 0) is 56.5 Å². The SMILES string of the molecule is NCCCNc1nc(COc2ccc(Cl)cc2)nc2c1CCC2. The fourth-order valence-electron chi connectivity index (χ4n) is 2.68. The monoisotopic (exact) mass is 332 g/mol. The molecule has 0 unspecified atom stereocenters. The summed E-state index contributed by atoms with van der Waals surface area (Å²) in [7, 11) is 0. The Bertz CT molecular complexity index is 660. The van der Waals surface area contributed by atoms with Crippen LogP contribution < -0.4 is 15.8 Å². The van der Waals surface area contributed by atoms with Crippen molar-refractivity contribution in [1.82, 2.24) is 9.97 Å². The molecule has 0 saturated heterocycles. The molecular weight excluding hydrogens is 312 g/mol. The summed E-state index contributed by atoms with van der Waals surface area (Å²) in [5.41, 5.74) is 7.95. The highest BCUT2D eigenvalue weighted by Gasteiger charge is 2.19. The van der Waals surface area contributed by atoms with Gasteiger partial charge in [0.15, 0.2) is 5.82 Å². The number of nitrogens with one attached hydrogen (secondary N) is 1. The lowest BCUT2D eigenvalue weighted by molar-refractivity contribution is 0.295. The Morgan fingerprint density at radius 3 is 2.78 bits per heavy atom. The summed E-state index contributed by atoms with van der Waals surface area (Å²) in [6.07, 6.45) is 4.11. The first kappa shape index (κ1) is 16.0. The van der Waals surface area contributed by atoms with Gasteiger partial charge in [-0.1, -0.05) is 11.6 Å². The molecule has 0 spiro atoms. The molecule has 0 amide bonds. The van der Waals surface area contributed by atoms with Crippen molar-refractivity contribution in [3.8, 4) is 5.75 Å². The average Bonchev–Trinajstić information content (AvgIpc) is 3.03. The molecule has 2 aromatic rings. The molecule has 0 saturated carbocycles. The van der Waals surface area contributed by atoms with Crippen molar-refractivity contribution in [3.05, 3.63) is 46.4 Å². The van der Waals surface area contributed by atoms with Gasteiger partial charge in [0.25, 0.3) is 0 Å². The smallest absolute Gasteiger partial charge is 0.168 e. The maximum Gasteiger partial charge on any atom is 0.168 e. The molecule has 122 valence electrons. The van der Waals surface area contributed by atoms with Crippen molar-refractivity contribution in [1.29, 1.82) is 0 Å². The van der Waals surface area contributed by atoms with E-state index in [4.69, 9.17) is 22.1 Å². The summed E-state index contributed by atoms with van der Waals surface area (Å²) >= 11 is 5.88. The zero-order valence-corrected chi connectivity index (χ0v) is 13.8. The third-order valence-corrected chi connectivity index (χ3v) is 4.09. The number of benzene rings is 1. The number of aromatic nitrogens is 2. The molecule has 0 atom stereocenters. The van der Waals surface area contributed by atoms with E-state index in [0.29, 0.717) is 24.0 Å². The lowest BCUT2D eigenvalue weighted by Gasteiger charge is -2.12. The fourth-order valence-corrected chi connectivity index (χ4v) is 2.81. The van der Waals surface area contributed by atoms with Gasteiger partial charge in [0, 0.05) is 22.8 Å². The summed E-state index contributed by atoms with van der Waals surface area (Å²) in [5.74, 6) is 2.41. The third kappa shape index (κ3) is 4.12. The largest absolute Gasteiger partial charge is 0.486 e. The van der Waals surface area contributed by atoms with Crippen molar-refractivity contribution in [2.75, 3.05) is 18.4 Å². The van der Waals surface area contributed by atoms with E-state index in [-0.39, 0.29) is 0 Å². The van der Waals surface area contributed by atoms with Crippen LogP contribution >= 0.6 is 11.6 Å². The Kier molecular flexibility index (Phi) is 5.31. The summed E-state index contributed by atoms with van der Waals surface area (Å²) in [4.78, 5) is 9.28. The van der Waals surface area contributed by atoms with Crippen LogP contribution in [0.3, 0.4) is 0 Å². The minimum Gasteiger partial charge on any atom is -0.486 e. The molecule has 1 aliphatic rings. The van der Waals surface area contributed by atoms with E-state index in [1.54, 1.807) is 12.1 Å². The van der Waals surface area contributed by atoms with Gasteiger partial charge >= 0.3 is 0 Å². The number of ether oxygens (including phenoxy) is 1. The summed E-state index contributed by atoms with van der Waals surface area (Å²) < 4.78 is 5.76. The van der Waals surface area contributed by atoms with Gasteiger partial charge in [-0.2, -0.15) is 0 Å². The number of nitrogens with zero attached hydrogens (tertiary/aromatic N) is 2. The van der Waals surface area contributed by atoms with Crippen LogP contribution in [0.25, 0.3) is 0 Å². The second kappa shape index (κ2) is 7.62. The molecule has 0 fully saturated rings. The maximum atomic E-state index is 5.88. The molecule has 1 aromatic carbocycles. The number of hydrogen-bond donors (Lipinski definition) is 2. The van der Waals surface area contributed by atoms with Crippen LogP contribution in [0.5, 0.6) is 5.75 Å². The number of rotatable bonds is 7. The van der Waals surface area contributed by atoms with E-state index in [2.05, 4.69) is 15.3 Å². The van der Waals surface area contributed by atoms with Crippen LogP contribution in [-0.2, 0) is 19.4 Å². The van der Waals surface area contributed by atoms with Crippen molar-refractivity contribution < 1.29 is 4.74 Å². The lowest BCUT2D eigenvalue weighted by atomic mass is 10.2. The Hall–Kier alpha value is -1.85. The molecule has 1 aliphatic carbocycles. The quantitative estimate of drug-likeness (QED) is 0.763. The van der Waals surface area contributed by atoms with Crippen molar-refractivity contribution >= 4 is 17.4 Å². The molecule has 6 heteroatoms. The first-order chi connectivity index (χ1) is 11.3. The van der Waals surface area contributed by atoms with Crippen molar-refractivity contribution in [3.63, 3.8) is 0 Å². The zero-order valence-electron chi connectivity index (χ0n) is 13.0. The van der Waals surface area contributed by atoms with Gasteiger partial charge in [0.1, 0.15) is 18.2 Å². The molecule has 1 heterocycles. The Balaban J connectivity index is 1.71. The number of nitrogens with two attached hydrogens (primary N) is 1. The van der Waals surface area contributed by atoms with E-state index in [1.807, 2.05) is 12.1 Å². The minimum absolute atomic E-state index is 0.348. The van der Waals surface area contributed by atoms with Crippen molar-refractivity contribution in [2.24, 2.45) is 5.73 Å². The van der Waals surface area contributed by atoms with Crippen LogP contribution in [0.2, 0.25) is 5.02 Å². The first-order valence-corrected chi connectivity index (χ1v) is 8.35. The molecule has 0 aliphatic heterocycles. The van der Waals surface area contributed by atoms with E-state index >= 15 is 0 Å². The Morgan fingerprint density at radius 1 is 1.17 bits per heavy atom. The summed E-state index contributed by atoms with van der Waals surface area (Å²) in [5, 5.41) is 4.08. The number of halogens is 1. The third-order valence-electron chi connectivity index (χ3n) is 3.83. The fraction of sp³-hybridized carbons (Fsp3) is 0.412. The molecule has 5 nitrogen and oxygen atoms in total. The van der Waals surface area contributed by atoms with Crippen molar-refractivity contribution in [2.45, 2.75) is 32.3 Å². The molecular formula is C17H21ClN4O. The molecule has 3 N–H and O–H groups in total. The topological polar surface area (TPSA) is 73.1 Å². The van der Waals surface area contributed by atoms with Crippen LogP contribution in [0.4, 0.5) is 5.82 Å². The lowest BCUT2D eigenvalue weighted by Crippen LogP contribution is -2.13. The second-order valence-electron chi connectivity index (χ2n) is 5.58. The van der Waals surface area contributed by atoms with Gasteiger partial charge in [-0.15, -0.1) is 0 Å². The number of anilines is 1. The molecule has 0 bridgehead atoms. The summed E-state index contributed by atoms with van der Waals surface area (Å²) in [6.45, 7) is 1.85. The predicted octanol–water partition coefficient (Wildman–Crippen LogP) is 2.96. The van der Waals surface area contributed by atoms with Gasteiger partial charge in [-0.25, -0.2) is 9.97 Å².